The van der Waals surface area contributed by atoms with Gasteiger partial charge in [-0.2, -0.15) is 0 Å². The Hall–Kier alpha value is -3.61. The van der Waals surface area contributed by atoms with Crippen molar-refractivity contribution in [2.24, 2.45) is 0 Å². The van der Waals surface area contributed by atoms with E-state index in [0.29, 0.717) is 37.7 Å². The van der Waals surface area contributed by atoms with Crippen molar-refractivity contribution < 1.29 is 18.7 Å². The van der Waals surface area contributed by atoms with Crippen molar-refractivity contribution in [2.75, 3.05) is 32.8 Å². The third-order valence-corrected chi connectivity index (χ3v) is 5.08. The summed E-state index contributed by atoms with van der Waals surface area (Å²) in [7, 11) is 0. The van der Waals surface area contributed by atoms with Gasteiger partial charge in [0.25, 0.3) is 11.8 Å². The molecule has 0 atom stereocenters. The van der Waals surface area contributed by atoms with Crippen LogP contribution in [0.5, 0.6) is 5.75 Å². The summed E-state index contributed by atoms with van der Waals surface area (Å²) in [5.41, 5.74) is 0.802. The lowest BCUT2D eigenvalue weighted by Gasteiger charge is -2.34. The molecule has 29 heavy (non-hydrogen) atoms. The van der Waals surface area contributed by atoms with Crippen LogP contribution in [0, 0.1) is 5.41 Å². The van der Waals surface area contributed by atoms with Gasteiger partial charge in [0.05, 0.1) is 6.26 Å². The molecule has 7 nitrogen and oxygen atoms in total. The maximum absolute atomic E-state index is 12.6. The second kappa shape index (κ2) is 8.18. The molecule has 7 heteroatoms. The molecule has 0 unspecified atom stereocenters. The van der Waals surface area contributed by atoms with Crippen molar-refractivity contribution in [3.05, 3.63) is 66.1 Å². The molecule has 0 aliphatic carbocycles. The van der Waals surface area contributed by atoms with Gasteiger partial charge in [-0.1, -0.05) is 24.3 Å². The topological polar surface area (TPSA) is 86.8 Å². The van der Waals surface area contributed by atoms with Crippen LogP contribution in [-0.4, -0.2) is 60.6 Å². The lowest BCUT2D eigenvalue weighted by Crippen LogP contribution is -2.51. The van der Waals surface area contributed by atoms with Gasteiger partial charge in [-0.3, -0.25) is 9.59 Å². The lowest BCUT2D eigenvalue weighted by atomic mass is 10.0. The van der Waals surface area contributed by atoms with Crippen molar-refractivity contribution in [3.8, 4) is 5.75 Å². The number of ether oxygens (including phenoxy) is 1. The average Bonchev–Trinajstić information content (AvgIpc) is 3.32. The lowest BCUT2D eigenvalue weighted by molar-refractivity contribution is -0.134. The fourth-order valence-electron chi connectivity index (χ4n) is 3.49. The molecule has 2 aromatic carbocycles. The minimum atomic E-state index is -0.156. The number of fused-ring (bicyclic) bond motifs is 1. The van der Waals surface area contributed by atoms with Crippen molar-refractivity contribution in [1.29, 1.82) is 5.41 Å². The summed E-state index contributed by atoms with van der Waals surface area (Å²) in [4.78, 5) is 28.3. The third kappa shape index (κ3) is 3.85. The largest absolute Gasteiger partial charge is 0.483 e. The molecule has 4 rings (SSSR count). The highest BCUT2D eigenvalue weighted by atomic mass is 16.5. The molecule has 1 fully saturated rings. The van der Waals surface area contributed by atoms with Gasteiger partial charge in [0.1, 0.15) is 5.75 Å². The quantitative estimate of drug-likeness (QED) is 0.678. The van der Waals surface area contributed by atoms with Crippen molar-refractivity contribution in [1.82, 2.24) is 9.80 Å². The first-order chi connectivity index (χ1) is 14.2. The predicted octanol–water partition coefficient (Wildman–Crippen LogP) is 2.79. The number of carbonyl (C=O) groups is 2. The van der Waals surface area contributed by atoms with E-state index in [-0.39, 0.29) is 18.4 Å². The standard InChI is InChI=1S/C22H21N3O4/c23-14-16-7-8-19(18-5-2-1-4-17(16)18)29-15-21(26)24-9-11-25(12-10-24)22(27)20-6-3-13-28-20/h1-8,13-14,23H,9-12,15H2. The van der Waals surface area contributed by atoms with E-state index < -0.39 is 0 Å². The van der Waals surface area contributed by atoms with Crippen molar-refractivity contribution in [3.63, 3.8) is 0 Å². The maximum atomic E-state index is 12.6. The number of hydrogen-bond acceptors (Lipinski definition) is 5. The number of carbonyl (C=O) groups excluding carboxylic acids is 2. The number of benzene rings is 2. The minimum absolute atomic E-state index is 0.0694. The normalized spacial score (nSPS) is 14.1. The zero-order chi connectivity index (χ0) is 20.2. The molecule has 1 aliphatic rings. The van der Waals surface area contributed by atoms with E-state index in [1.54, 1.807) is 28.0 Å². The number of rotatable bonds is 5. The van der Waals surface area contributed by atoms with Crippen LogP contribution in [0.1, 0.15) is 16.1 Å². The molecule has 2 amide bonds. The second-order valence-corrected chi connectivity index (χ2v) is 6.78. The summed E-state index contributed by atoms with van der Waals surface area (Å²) in [5, 5.41) is 9.32. The molecule has 3 aromatic rings. The Bertz CT molecular complexity index is 1040. The van der Waals surface area contributed by atoms with Crippen LogP contribution in [0.2, 0.25) is 0 Å². The maximum Gasteiger partial charge on any atom is 0.289 e. The Labute approximate surface area is 168 Å². The van der Waals surface area contributed by atoms with Crippen LogP contribution >= 0.6 is 0 Å². The van der Waals surface area contributed by atoms with Crippen LogP contribution in [0.15, 0.2) is 59.2 Å². The summed E-state index contributed by atoms with van der Waals surface area (Å²) in [6.45, 7) is 1.77. The van der Waals surface area contributed by atoms with E-state index in [4.69, 9.17) is 14.6 Å². The monoisotopic (exact) mass is 391 g/mol. The number of amides is 2. The molecule has 1 saturated heterocycles. The third-order valence-electron chi connectivity index (χ3n) is 5.08. The number of furan rings is 1. The molecule has 0 spiro atoms. The van der Waals surface area contributed by atoms with Crippen molar-refractivity contribution in [2.45, 2.75) is 0 Å². The van der Waals surface area contributed by atoms with Crippen LogP contribution < -0.4 is 4.74 Å². The first-order valence-corrected chi connectivity index (χ1v) is 9.43. The number of piperazine rings is 1. The van der Waals surface area contributed by atoms with E-state index in [9.17, 15) is 9.59 Å². The Morgan fingerprint density at radius 3 is 2.38 bits per heavy atom. The molecule has 1 aliphatic heterocycles. The molecule has 1 N–H and O–H groups in total. The second-order valence-electron chi connectivity index (χ2n) is 6.78. The number of hydrogen-bond donors (Lipinski definition) is 1. The molecule has 2 heterocycles. The molecular formula is C22H21N3O4. The molecule has 148 valence electrons. The Morgan fingerprint density at radius 1 is 0.966 bits per heavy atom. The Kier molecular flexibility index (Phi) is 5.29. The average molecular weight is 391 g/mol. The SMILES string of the molecule is N=Cc1ccc(OCC(=O)N2CCN(C(=O)c3ccco3)CC2)c2ccccc12. The molecule has 0 bridgehead atoms. The van der Waals surface area contributed by atoms with Crippen LogP contribution in [0.3, 0.4) is 0 Å². The number of nitrogens with zero attached hydrogens (tertiary/aromatic N) is 2. The summed E-state index contributed by atoms with van der Waals surface area (Å²) < 4.78 is 11.0. The summed E-state index contributed by atoms with van der Waals surface area (Å²) in [6, 6.07) is 14.6. The first-order valence-electron chi connectivity index (χ1n) is 9.43. The van der Waals surface area contributed by atoms with Crippen molar-refractivity contribution >= 4 is 28.8 Å². The van der Waals surface area contributed by atoms with Crippen LogP contribution in [-0.2, 0) is 4.79 Å². The van der Waals surface area contributed by atoms with E-state index >= 15 is 0 Å². The highest BCUT2D eigenvalue weighted by molar-refractivity contribution is 6.01. The highest BCUT2D eigenvalue weighted by Crippen LogP contribution is 2.28. The van der Waals surface area contributed by atoms with E-state index in [2.05, 4.69) is 0 Å². The zero-order valence-corrected chi connectivity index (χ0v) is 15.8. The number of nitrogens with one attached hydrogen (secondary N) is 1. The smallest absolute Gasteiger partial charge is 0.289 e. The summed E-state index contributed by atoms with van der Waals surface area (Å²) >= 11 is 0. The van der Waals surface area contributed by atoms with Gasteiger partial charge in [0.2, 0.25) is 0 Å². The van der Waals surface area contributed by atoms with Gasteiger partial charge in [-0.05, 0) is 29.7 Å². The van der Waals surface area contributed by atoms with Gasteiger partial charge in [-0.15, -0.1) is 0 Å². The highest BCUT2D eigenvalue weighted by Gasteiger charge is 2.26. The first kappa shape index (κ1) is 18.7. The Morgan fingerprint density at radius 2 is 1.69 bits per heavy atom. The molecule has 0 radical (unpaired) electrons. The predicted molar refractivity (Wildman–Crippen MR) is 109 cm³/mol. The Balaban J connectivity index is 1.36. The summed E-state index contributed by atoms with van der Waals surface area (Å²) in [6.07, 6.45) is 2.78. The van der Waals surface area contributed by atoms with E-state index in [0.717, 1.165) is 16.3 Å². The fraction of sp³-hybridized carbons (Fsp3) is 0.227. The van der Waals surface area contributed by atoms with Gasteiger partial charge >= 0.3 is 0 Å². The van der Waals surface area contributed by atoms with Gasteiger partial charge in [0.15, 0.2) is 12.4 Å². The van der Waals surface area contributed by atoms with Gasteiger partial charge in [-0.25, -0.2) is 0 Å². The minimum Gasteiger partial charge on any atom is -0.483 e. The fourth-order valence-corrected chi connectivity index (χ4v) is 3.49. The van der Waals surface area contributed by atoms with Crippen LogP contribution in [0.25, 0.3) is 10.8 Å². The zero-order valence-electron chi connectivity index (χ0n) is 15.8. The summed E-state index contributed by atoms with van der Waals surface area (Å²) in [5.74, 6) is 0.658. The van der Waals surface area contributed by atoms with E-state index in [1.807, 2.05) is 30.3 Å². The van der Waals surface area contributed by atoms with E-state index in [1.165, 1.54) is 12.5 Å². The van der Waals surface area contributed by atoms with Gasteiger partial charge < -0.3 is 24.4 Å². The molecule has 1 aromatic heterocycles. The molecular weight excluding hydrogens is 370 g/mol. The molecule has 0 saturated carbocycles. The van der Waals surface area contributed by atoms with Gasteiger partial charge in [0, 0.05) is 43.3 Å². The van der Waals surface area contributed by atoms with Crippen LogP contribution in [0.4, 0.5) is 0 Å².